The zero-order valence-electron chi connectivity index (χ0n) is 16.9. The minimum Gasteiger partial charge on any atom is -0.450 e. The van der Waals surface area contributed by atoms with Crippen LogP contribution in [0.15, 0.2) is 36.7 Å². The summed E-state index contributed by atoms with van der Waals surface area (Å²) in [6.07, 6.45) is 3.81. The molecular formula is C22H22N6O2. The third-order valence-corrected chi connectivity index (χ3v) is 5.17. The molecule has 4 rings (SSSR count). The second-order valence-electron chi connectivity index (χ2n) is 7.11. The molecule has 0 saturated heterocycles. The van der Waals surface area contributed by atoms with Crippen molar-refractivity contribution in [3.63, 3.8) is 0 Å². The molecule has 0 spiro atoms. The predicted octanol–water partition coefficient (Wildman–Crippen LogP) is 3.21. The number of hydrogen-bond donors (Lipinski definition) is 1. The number of rotatable bonds is 3. The van der Waals surface area contributed by atoms with Crippen LogP contribution in [0.3, 0.4) is 0 Å². The quantitative estimate of drug-likeness (QED) is 0.720. The van der Waals surface area contributed by atoms with Crippen molar-refractivity contribution in [1.82, 2.24) is 19.4 Å². The number of amides is 1. The number of anilines is 1. The van der Waals surface area contributed by atoms with Crippen molar-refractivity contribution in [2.24, 2.45) is 0 Å². The van der Waals surface area contributed by atoms with E-state index in [2.05, 4.69) is 16.0 Å². The molecule has 1 aliphatic heterocycles. The Morgan fingerprint density at radius 3 is 2.97 bits per heavy atom. The summed E-state index contributed by atoms with van der Waals surface area (Å²) in [6, 6.07) is 9.92. The molecule has 3 aromatic heterocycles. The van der Waals surface area contributed by atoms with Crippen LogP contribution >= 0.6 is 0 Å². The molecule has 0 atom stereocenters. The second kappa shape index (κ2) is 7.87. The van der Waals surface area contributed by atoms with Crippen molar-refractivity contribution in [3.05, 3.63) is 59.0 Å². The van der Waals surface area contributed by atoms with Gasteiger partial charge in [-0.3, -0.25) is 0 Å². The number of nitriles is 1. The second-order valence-corrected chi connectivity index (χ2v) is 7.11. The summed E-state index contributed by atoms with van der Waals surface area (Å²) in [5.41, 5.74) is 10.6. The molecule has 1 amide bonds. The fourth-order valence-electron chi connectivity index (χ4n) is 3.78. The van der Waals surface area contributed by atoms with E-state index in [-0.39, 0.29) is 11.9 Å². The number of hydrogen-bond acceptors (Lipinski definition) is 6. The molecule has 8 nitrogen and oxygen atoms in total. The molecule has 0 radical (unpaired) electrons. The molecule has 8 heteroatoms. The van der Waals surface area contributed by atoms with Gasteiger partial charge in [0.1, 0.15) is 23.3 Å². The zero-order chi connectivity index (χ0) is 21.3. The molecule has 0 aliphatic carbocycles. The normalized spacial score (nSPS) is 12.9. The average Bonchev–Trinajstić information content (AvgIpc) is 3.22. The van der Waals surface area contributed by atoms with Gasteiger partial charge in [-0.1, -0.05) is 0 Å². The van der Waals surface area contributed by atoms with E-state index in [9.17, 15) is 10.1 Å². The minimum atomic E-state index is -0.375. The molecule has 2 N–H and O–H groups in total. The van der Waals surface area contributed by atoms with Crippen LogP contribution in [0.1, 0.15) is 29.3 Å². The van der Waals surface area contributed by atoms with Crippen LogP contribution in [-0.4, -0.2) is 38.7 Å². The standard InChI is InChI=1S/C22H22N6O2/c1-3-30-22(29)27-10-7-17-16(13-27)20(15(12-23)21(24)26-17)18-5-4-9-28(18)19-11-14(2)6-8-25-19/h4-6,8-9,11H,3,7,10,13H2,1-2H3,(H2,24,26). The molecule has 4 heterocycles. The molecule has 0 aromatic carbocycles. The van der Waals surface area contributed by atoms with Gasteiger partial charge in [0, 0.05) is 36.5 Å². The largest absolute Gasteiger partial charge is 0.450 e. The highest BCUT2D eigenvalue weighted by Gasteiger charge is 2.29. The lowest BCUT2D eigenvalue weighted by atomic mass is 9.94. The lowest BCUT2D eigenvalue weighted by Gasteiger charge is -2.30. The maximum atomic E-state index is 12.3. The molecule has 1 aliphatic rings. The van der Waals surface area contributed by atoms with Crippen molar-refractivity contribution in [2.45, 2.75) is 26.8 Å². The number of fused-ring (bicyclic) bond motifs is 1. The highest BCUT2D eigenvalue weighted by atomic mass is 16.6. The van der Waals surface area contributed by atoms with E-state index < -0.39 is 0 Å². The van der Waals surface area contributed by atoms with Gasteiger partial charge in [-0.05, 0) is 43.7 Å². The first-order valence-electron chi connectivity index (χ1n) is 9.77. The Kier molecular flexibility index (Phi) is 5.11. The van der Waals surface area contributed by atoms with E-state index in [4.69, 9.17) is 10.5 Å². The third-order valence-electron chi connectivity index (χ3n) is 5.17. The number of aromatic nitrogens is 3. The van der Waals surface area contributed by atoms with Crippen LogP contribution in [-0.2, 0) is 17.7 Å². The summed E-state index contributed by atoms with van der Waals surface area (Å²) in [6.45, 7) is 4.87. The summed E-state index contributed by atoms with van der Waals surface area (Å²) in [7, 11) is 0. The Hall–Kier alpha value is -3.86. The molecule has 0 bridgehead atoms. The molecule has 30 heavy (non-hydrogen) atoms. The molecule has 152 valence electrons. The van der Waals surface area contributed by atoms with Crippen LogP contribution in [0.2, 0.25) is 0 Å². The number of carbonyl (C=O) groups excluding carboxylic acids is 1. The van der Waals surface area contributed by atoms with Crippen LogP contribution in [0.4, 0.5) is 10.6 Å². The summed E-state index contributed by atoms with van der Waals surface area (Å²) in [5.74, 6) is 0.932. The van der Waals surface area contributed by atoms with E-state index in [1.165, 1.54) is 0 Å². The van der Waals surface area contributed by atoms with E-state index in [1.807, 2.05) is 42.0 Å². The van der Waals surface area contributed by atoms with Gasteiger partial charge in [0.2, 0.25) is 0 Å². The fraction of sp³-hybridized carbons (Fsp3) is 0.273. The number of nitrogens with two attached hydrogens (primary N) is 1. The molecule has 0 unspecified atom stereocenters. The van der Waals surface area contributed by atoms with Crippen molar-refractivity contribution in [1.29, 1.82) is 5.26 Å². The van der Waals surface area contributed by atoms with Crippen LogP contribution in [0.25, 0.3) is 17.1 Å². The summed E-state index contributed by atoms with van der Waals surface area (Å²) in [5, 5.41) is 9.86. The van der Waals surface area contributed by atoms with Gasteiger partial charge in [0.05, 0.1) is 24.5 Å². The Bertz CT molecular complexity index is 1160. The first kappa shape index (κ1) is 19.5. The van der Waals surface area contributed by atoms with Gasteiger partial charge in [-0.2, -0.15) is 5.26 Å². The Labute approximate surface area is 174 Å². The summed E-state index contributed by atoms with van der Waals surface area (Å²) in [4.78, 5) is 22.9. The number of ether oxygens (including phenoxy) is 1. The molecule has 0 fully saturated rings. The van der Waals surface area contributed by atoms with Crippen molar-refractivity contribution < 1.29 is 9.53 Å². The molecule has 0 saturated carbocycles. The van der Waals surface area contributed by atoms with Gasteiger partial charge in [-0.25, -0.2) is 14.8 Å². The maximum absolute atomic E-state index is 12.3. The highest BCUT2D eigenvalue weighted by Crippen LogP contribution is 2.36. The fourth-order valence-corrected chi connectivity index (χ4v) is 3.78. The zero-order valence-corrected chi connectivity index (χ0v) is 16.9. The van der Waals surface area contributed by atoms with E-state index >= 15 is 0 Å². The van der Waals surface area contributed by atoms with Crippen LogP contribution in [0, 0.1) is 18.3 Å². The van der Waals surface area contributed by atoms with E-state index in [0.29, 0.717) is 37.2 Å². The topological polar surface area (TPSA) is 110 Å². The number of carbonyl (C=O) groups is 1. The molecular weight excluding hydrogens is 380 g/mol. The number of aryl methyl sites for hydroxylation is 1. The number of nitrogen functional groups attached to an aromatic ring is 1. The van der Waals surface area contributed by atoms with Gasteiger partial charge in [0.25, 0.3) is 0 Å². The molecule has 3 aromatic rings. The average molecular weight is 402 g/mol. The predicted molar refractivity (Wildman–Crippen MR) is 112 cm³/mol. The SMILES string of the molecule is CCOC(=O)N1CCc2nc(N)c(C#N)c(-c3cccn3-c3cc(C)ccn3)c2C1. The lowest BCUT2D eigenvalue weighted by Crippen LogP contribution is -2.37. The number of nitrogens with zero attached hydrogens (tertiary/aromatic N) is 5. The van der Waals surface area contributed by atoms with E-state index in [1.54, 1.807) is 18.0 Å². The Balaban J connectivity index is 1.90. The third kappa shape index (κ3) is 3.35. The van der Waals surface area contributed by atoms with Crippen molar-refractivity contribution in [2.75, 3.05) is 18.9 Å². The van der Waals surface area contributed by atoms with Crippen molar-refractivity contribution >= 4 is 11.9 Å². The Morgan fingerprint density at radius 1 is 1.40 bits per heavy atom. The lowest BCUT2D eigenvalue weighted by molar-refractivity contribution is 0.102. The van der Waals surface area contributed by atoms with Gasteiger partial charge >= 0.3 is 6.09 Å². The van der Waals surface area contributed by atoms with E-state index in [0.717, 1.165) is 28.3 Å². The van der Waals surface area contributed by atoms with Gasteiger partial charge in [-0.15, -0.1) is 0 Å². The summed E-state index contributed by atoms with van der Waals surface area (Å²) >= 11 is 0. The van der Waals surface area contributed by atoms with Crippen molar-refractivity contribution in [3.8, 4) is 23.1 Å². The minimum absolute atomic E-state index is 0.195. The monoisotopic (exact) mass is 402 g/mol. The Morgan fingerprint density at radius 2 is 2.23 bits per heavy atom. The smallest absolute Gasteiger partial charge is 0.410 e. The highest BCUT2D eigenvalue weighted by molar-refractivity contribution is 5.79. The van der Waals surface area contributed by atoms with Crippen LogP contribution < -0.4 is 5.73 Å². The van der Waals surface area contributed by atoms with Gasteiger partial charge < -0.3 is 19.9 Å². The summed E-state index contributed by atoms with van der Waals surface area (Å²) < 4.78 is 7.10. The first-order valence-corrected chi connectivity index (χ1v) is 9.77. The maximum Gasteiger partial charge on any atom is 0.410 e. The van der Waals surface area contributed by atoms with Gasteiger partial charge in [0.15, 0.2) is 0 Å². The van der Waals surface area contributed by atoms with Crippen LogP contribution in [0.5, 0.6) is 0 Å². The first-order chi connectivity index (χ1) is 14.5. The number of pyridine rings is 2.